The van der Waals surface area contributed by atoms with Crippen LogP contribution in [0.1, 0.15) is 13.8 Å². The van der Waals surface area contributed by atoms with Gasteiger partial charge in [-0.2, -0.15) is 0 Å². The molecule has 1 aliphatic heterocycles. The predicted octanol–water partition coefficient (Wildman–Crippen LogP) is 1.03. The van der Waals surface area contributed by atoms with Crippen molar-refractivity contribution in [2.75, 3.05) is 19.0 Å². The van der Waals surface area contributed by atoms with Crippen LogP contribution in [0.4, 0.5) is 4.79 Å². The highest BCUT2D eigenvalue weighted by Crippen LogP contribution is 2.18. The third-order valence-corrected chi connectivity index (χ3v) is 2.13. The number of rotatable bonds is 2. The minimum atomic E-state index is -0.0774. The van der Waals surface area contributed by atoms with Crippen LogP contribution in [-0.2, 0) is 0 Å². The van der Waals surface area contributed by atoms with Crippen LogP contribution in [0, 0.1) is 0 Å². The number of amides is 2. The Balaban J connectivity index is 2.64. The number of hydrogen-bond acceptors (Lipinski definition) is 1. The van der Waals surface area contributed by atoms with E-state index in [0.717, 1.165) is 0 Å². The molecule has 1 N–H and O–H groups in total. The van der Waals surface area contributed by atoms with Gasteiger partial charge < -0.3 is 10.2 Å². The Morgan fingerprint density at radius 2 is 2.36 bits per heavy atom. The van der Waals surface area contributed by atoms with Gasteiger partial charge in [0.2, 0.25) is 0 Å². The fourth-order valence-corrected chi connectivity index (χ4v) is 1.42. The molecule has 0 atom stereocenters. The number of nitrogens with one attached hydrogen (secondary N) is 1. The van der Waals surface area contributed by atoms with Crippen molar-refractivity contribution in [2.24, 2.45) is 0 Å². The molecule has 1 aliphatic rings. The van der Waals surface area contributed by atoms with Crippen molar-refractivity contribution in [3.63, 3.8) is 0 Å². The van der Waals surface area contributed by atoms with Crippen molar-refractivity contribution < 1.29 is 4.79 Å². The first kappa shape index (κ1) is 8.65. The van der Waals surface area contributed by atoms with E-state index in [-0.39, 0.29) is 11.6 Å². The summed E-state index contributed by atoms with van der Waals surface area (Å²) >= 11 is 5.55. The molecular formula is C7H13ClN2O. The number of urea groups is 1. The SMILES string of the molecule is CC1(C)CNC(=O)N1CCCl. The lowest BCUT2D eigenvalue weighted by Crippen LogP contribution is -2.42. The van der Waals surface area contributed by atoms with E-state index >= 15 is 0 Å². The zero-order valence-corrected chi connectivity index (χ0v) is 7.61. The van der Waals surface area contributed by atoms with Gasteiger partial charge in [-0.3, -0.25) is 0 Å². The lowest BCUT2D eigenvalue weighted by atomic mass is 10.1. The third kappa shape index (κ3) is 1.59. The second-order valence-corrected chi connectivity index (χ2v) is 3.69. The van der Waals surface area contributed by atoms with Crippen molar-refractivity contribution >= 4 is 17.6 Å². The number of carbonyl (C=O) groups excluding carboxylic acids is 1. The van der Waals surface area contributed by atoms with Gasteiger partial charge in [0.15, 0.2) is 0 Å². The standard InChI is InChI=1S/C7H13ClN2O/c1-7(2)5-9-6(11)10(7)4-3-8/h3-5H2,1-2H3,(H,9,11). The number of halogens is 1. The van der Waals surface area contributed by atoms with Crippen LogP contribution in [-0.4, -0.2) is 35.4 Å². The Morgan fingerprint density at radius 1 is 1.73 bits per heavy atom. The first-order valence-electron chi connectivity index (χ1n) is 3.69. The van der Waals surface area contributed by atoms with Crippen molar-refractivity contribution in [3.8, 4) is 0 Å². The zero-order valence-electron chi connectivity index (χ0n) is 6.85. The van der Waals surface area contributed by atoms with Crippen molar-refractivity contribution in [3.05, 3.63) is 0 Å². The Morgan fingerprint density at radius 3 is 2.73 bits per heavy atom. The van der Waals surface area contributed by atoms with E-state index in [1.165, 1.54) is 0 Å². The van der Waals surface area contributed by atoms with Gasteiger partial charge in [-0.25, -0.2) is 4.79 Å². The van der Waals surface area contributed by atoms with Crippen LogP contribution in [0.2, 0.25) is 0 Å². The minimum Gasteiger partial charge on any atom is -0.336 e. The monoisotopic (exact) mass is 176 g/mol. The van der Waals surface area contributed by atoms with Gasteiger partial charge in [-0.1, -0.05) is 0 Å². The summed E-state index contributed by atoms with van der Waals surface area (Å²) in [5.74, 6) is 0.497. The molecule has 0 unspecified atom stereocenters. The molecule has 0 bridgehead atoms. The Hall–Kier alpha value is -0.440. The van der Waals surface area contributed by atoms with Crippen LogP contribution >= 0.6 is 11.6 Å². The molecule has 1 rings (SSSR count). The van der Waals surface area contributed by atoms with E-state index in [4.69, 9.17) is 11.6 Å². The van der Waals surface area contributed by atoms with Gasteiger partial charge in [0, 0.05) is 19.0 Å². The van der Waals surface area contributed by atoms with Gasteiger partial charge in [0.05, 0.1) is 5.54 Å². The summed E-state index contributed by atoms with van der Waals surface area (Å²) in [5, 5.41) is 2.77. The van der Waals surface area contributed by atoms with Crippen molar-refractivity contribution in [2.45, 2.75) is 19.4 Å². The Bertz CT molecular complexity index is 170. The van der Waals surface area contributed by atoms with E-state index in [1.54, 1.807) is 4.90 Å². The van der Waals surface area contributed by atoms with Crippen molar-refractivity contribution in [1.82, 2.24) is 10.2 Å². The summed E-state index contributed by atoms with van der Waals surface area (Å²) in [6, 6.07) is -0.00403. The maximum Gasteiger partial charge on any atom is 0.318 e. The molecule has 0 saturated carbocycles. The molecule has 0 spiro atoms. The van der Waals surface area contributed by atoms with Crippen LogP contribution in [0.3, 0.4) is 0 Å². The quantitative estimate of drug-likeness (QED) is 0.627. The molecule has 0 aromatic rings. The fraction of sp³-hybridized carbons (Fsp3) is 0.857. The molecule has 1 heterocycles. The van der Waals surface area contributed by atoms with E-state index in [9.17, 15) is 4.79 Å². The van der Waals surface area contributed by atoms with Crippen LogP contribution in [0.25, 0.3) is 0 Å². The van der Waals surface area contributed by atoms with E-state index in [2.05, 4.69) is 5.32 Å². The summed E-state index contributed by atoms with van der Waals surface area (Å²) in [5.41, 5.74) is -0.0774. The predicted molar refractivity (Wildman–Crippen MR) is 44.9 cm³/mol. The maximum atomic E-state index is 11.1. The van der Waals surface area contributed by atoms with Crippen LogP contribution < -0.4 is 5.32 Å². The molecule has 64 valence electrons. The highest BCUT2D eigenvalue weighted by Gasteiger charge is 2.36. The van der Waals surface area contributed by atoms with Gasteiger partial charge in [-0.15, -0.1) is 11.6 Å². The zero-order chi connectivity index (χ0) is 8.48. The molecule has 2 amide bonds. The average molecular weight is 177 g/mol. The van der Waals surface area contributed by atoms with Gasteiger partial charge in [-0.05, 0) is 13.8 Å². The highest BCUT2D eigenvalue weighted by atomic mass is 35.5. The molecule has 3 nitrogen and oxygen atoms in total. The Labute approximate surface area is 71.7 Å². The third-order valence-electron chi connectivity index (χ3n) is 1.96. The van der Waals surface area contributed by atoms with Gasteiger partial charge in [0.25, 0.3) is 0 Å². The van der Waals surface area contributed by atoms with Crippen molar-refractivity contribution in [1.29, 1.82) is 0 Å². The van der Waals surface area contributed by atoms with E-state index in [1.807, 2.05) is 13.8 Å². The molecule has 0 aromatic carbocycles. The summed E-state index contributed by atoms with van der Waals surface area (Å²) in [6.45, 7) is 5.39. The topological polar surface area (TPSA) is 32.3 Å². The molecule has 0 radical (unpaired) electrons. The number of alkyl halides is 1. The molecule has 1 saturated heterocycles. The lowest BCUT2D eigenvalue weighted by Gasteiger charge is -2.28. The minimum absolute atomic E-state index is 0.00403. The van der Waals surface area contributed by atoms with E-state index in [0.29, 0.717) is 19.0 Å². The lowest BCUT2D eigenvalue weighted by molar-refractivity contribution is 0.182. The van der Waals surface area contributed by atoms with E-state index < -0.39 is 0 Å². The molecular weight excluding hydrogens is 164 g/mol. The van der Waals surface area contributed by atoms with Gasteiger partial charge >= 0.3 is 6.03 Å². The fourth-order valence-electron chi connectivity index (χ4n) is 1.25. The highest BCUT2D eigenvalue weighted by molar-refractivity contribution is 6.18. The Kier molecular flexibility index (Phi) is 2.28. The molecule has 4 heteroatoms. The summed E-state index contributed by atoms with van der Waals surface area (Å²) in [4.78, 5) is 12.9. The van der Waals surface area contributed by atoms with Gasteiger partial charge in [0.1, 0.15) is 0 Å². The largest absolute Gasteiger partial charge is 0.336 e. The molecule has 0 aliphatic carbocycles. The van der Waals surface area contributed by atoms with Crippen LogP contribution in [0.15, 0.2) is 0 Å². The molecule has 1 fully saturated rings. The smallest absolute Gasteiger partial charge is 0.318 e. The summed E-state index contributed by atoms with van der Waals surface area (Å²) < 4.78 is 0. The second kappa shape index (κ2) is 2.89. The van der Waals surface area contributed by atoms with Crippen LogP contribution in [0.5, 0.6) is 0 Å². The second-order valence-electron chi connectivity index (χ2n) is 3.31. The first-order chi connectivity index (χ1) is 5.08. The normalized spacial score (nSPS) is 22.1. The number of hydrogen-bond donors (Lipinski definition) is 1. The maximum absolute atomic E-state index is 11.1. The summed E-state index contributed by atoms with van der Waals surface area (Å²) in [7, 11) is 0. The number of nitrogens with zero attached hydrogens (tertiary/aromatic N) is 1. The summed E-state index contributed by atoms with van der Waals surface area (Å²) in [6.07, 6.45) is 0. The average Bonchev–Trinajstić information content (AvgIpc) is 2.16. The molecule has 11 heavy (non-hydrogen) atoms. The first-order valence-corrected chi connectivity index (χ1v) is 4.23. The molecule has 0 aromatic heterocycles. The number of carbonyl (C=O) groups is 1.